The lowest BCUT2D eigenvalue weighted by Gasteiger charge is -2.34. The summed E-state index contributed by atoms with van der Waals surface area (Å²) in [6.07, 6.45) is 1.18. The molecule has 0 bridgehead atoms. The summed E-state index contributed by atoms with van der Waals surface area (Å²) in [6.45, 7) is 2.01. The molecule has 0 spiro atoms. The monoisotopic (exact) mass is 191 g/mol. The van der Waals surface area contributed by atoms with Crippen molar-refractivity contribution < 1.29 is 4.79 Å². The third-order valence-corrected chi connectivity index (χ3v) is 2.55. The van der Waals surface area contributed by atoms with Crippen LogP contribution in [0.4, 0.5) is 11.4 Å². The van der Waals surface area contributed by atoms with Crippen LogP contribution in [0.15, 0.2) is 18.2 Å². The Kier molecular flexibility index (Phi) is 2.04. The highest BCUT2D eigenvalue weighted by molar-refractivity contribution is 6.00. The molecular weight excluding hydrogens is 178 g/mol. The molecule has 1 aliphatic rings. The molecule has 74 valence electrons. The van der Waals surface area contributed by atoms with Gasteiger partial charge in [0, 0.05) is 13.1 Å². The summed E-state index contributed by atoms with van der Waals surface area (Å²) in [6, 6.07) is 5.38. The van der Waals surface area contributed by atoms with Crippen LogP contribution in [-0.2, 0) is 0 Å². The largest absolute Gasteiger partial charge is 0.396 e. The number of rotatable bonds is 2. The van der Waals surface area contributed by atoms with Crippen LogP contribution in [0.5, 0.6) is 0 Å². The van der Waals surface area contributed by atoms with Crippen LogP contribution in [0.3, 0.4) is 0 Å². The number of nitrogens with zero attached hydrogens (tertiary/aromatic N) is 1. The van der Waals surface area contributed by atoms with E-state index in [9.17, 15) is 4.79 Å². The fraction of sp³-hybridized carbons (Fsp3) is 0.300. The molecule has 1 heterocycles. The van der Waals surface area contributed by atoms with Crippen LogP contribution < -0.4 is 16.4 Å². The summed E-state index contributed by atoms with van der Waals surface area (Å²) in [5, 5.41) is 0. The molecule has 1 amide bonds. The summed E-state index contributed by atoms with van der Waals surface area (Å²) in [4.78, 5) is 13.2. The molecule has 0 saturated carbocycles. The predicted molar refractivity (Wildman–Crippen MR) is 56.2 cm³/mol. The zero-order valence-corrected chi connectivity index (χ0v) is 7.86. The highest BCUT2D eigenvalue weighted by Crippen LogP contribution is 2.29. The number of carbonyl (C=O) groups is 1. The molecule has 4 heteroatoms. The van der Waals surface area contributed by atoms with Crippen molar-refractivity contribution in [2.45, 2.75) is 6.42 Å². The van der Waals surface area contributed by atoms with Crippen LogP contribution >= 0.6 is 0 Å². The number of anilines is 2. The van der Waals surface area contributed by atoms with Gasteiger partial charge in [-0.15, -0.1) is 0 Å². The minimum absolute atomic E-state index is 0.411. The second kappa shape index (κ2) is 3.21. The fourth-order valence-corrected chi connectivity index (χ4v) is 1.60. The summed E-state index contributed by atoms with van der Waals surface area (Å²) in [7, 11) is 0. The van der Waals surface area contributed by atoms with Gasteiger partial charge in [-0.3, -0.25) is 4.79 Å². The molecule has 4 nitrogen and oxygen atoms in total. The van der Waals surface area contributed by atoms with Crippen LogP contribution in [0.1, 0.15) is 16.8 Å². The molecule has 4 N–H and O–H groups in total. The first-order chi connectivity index (χ1) is 6.70. The lowest BCUT2D eigenvalue weighted by molar-refractivity contribution is 0.100. The molecular formula is C10H13N3O. The quantitative estimate of drug-likeness (QED) is 0.671. The van der Waals surface area contributed by atoms with Crippen molar-refractivity contribution in [3.63, 3.8) is 0 Å². The number of primary amides is 1. The Hall–Kier alpha value is -1.71. The number of nitrogen functional groups attached to an aromatic ring is 1. The molecule has 1 aliphatic heterocycles. The average molecular weight is 191 g/mol. The van der Waals surface area contributed by atoms with Crippen LogP contribution in [0.25, 0.3) is 0 Å². The number of benzene rings is 1. The van der Waals surface area contributed by atoms with Gasteiger partial charge in [0.2, 0.25) is 0 Å². The summed E-state index contributed by atoms with van der Waals surface area (Å²) < 4.78 is 0. The summed E-state index contributed by atoms with van der Waals surface area (Å²) in [5.74, 6) is -0.468. The maximum absolute atomic E-state index is 11.0. The van der Waals surface area contributed by atoms with E-state index >= 15 is 0 Å². The van der Waals surface area contributed by atoms with Gasteiger partial charge in [-0.1, -0.05) is 6.07 Å². The molecule has 0 unspecified atom stereocenters. The Morgan fingerprint density at radius 3 is 2.57 bits per heavy atom. The molecule has 1 fully saturated rings. The fourth-order valence-electron chi connectivity index (χ4n) is 1.60. The van der Waals surface area contributed by atoms with E-state index in [1.807, 2.05) is 12.1 Å². The van der Waals surface area contributed by atoms with Crippen molar-refractivity contribution in [1.82, 2.24) is 0 Å². The maximum atomic E-state index is 11.0. The normalized spacial score (nSPS) is 15.0. The first-order valence-corrected chi connectivity index (χ1v) is 4.63. The minimum atomic E-state index is -0.468. The van der Waals surface area contributed by atoms with Gasteiger partial charge in [0.25, 0.3) is 5.91 Å². The van der Waals surface area contributed by atoms with Gasteiger partial charge in [0.1, 0.15) is 0 Å². The lowest BCUT2D eigenvalue weighted by atomic mass is 10.1. The zero-order valence-electron chi connectivity index (χ0n) is 7.86. The topological polar surface area (TPSA) is 72.4 Å². The van der Waals surface area contributed by atoms with Crippen molar-refractivity contribution in [2.24, 2.45) is 5.73 Å². The van der Waals surface area contributed by atoms with E-state index in [-0.39, 0.29) is 0 Å². The Balaban J connectivity index is 2.40. The van der Waals surface area contributed by atoms with E-state index in [4.69, 9.17) is 11.5 Å². The van der Waals surface area contributed by atoms with E-state index < -0.39 is 5.91 Å². The van der Waals surface area contributed by atoms with Crippen molar-refractivity contribution in [3.8, 4) is 0 Å². The second-order valence-corrected chi connectivity index (χ2v) is 3.44. The van der Waals surface area contributed by atoms with Crippen molar-refractivity contribution in [1.29, 1.82) is 0 Å². The van der Waals surface area contributed by atoms with E-state index in [0.717, 1.165) is 18.8 Å². The first kappa shape index (κ1) is 8.87. The Labute approximate surface area is 82.5 Å². The van der Waals surface area contributed by atoms with Gasteiger partial charge in [-0.25, -0.2) is 0 Å². The van der Waals surface area contributed by atoms with Crippen molar-refractivity contribution >= 4 is 17.3 Å². The van der Waals surface area contributed by atoms with Gasteiger partial charge < -0.3 is 16.4 Å². The molecule has 2 rings (SSSR count). The molecule has 0 radical (unpaired) electrons. The predicted octanol–water partition coefficient (Wildman–Crippen LogP) is 0.578. The number of amides is 1. The van der Waals surface area contributed by atoms with E-state index in [1.165, 1.54) is 6.42 Å². The van der Waals surface area contributed by atoms with Crippen molar-refractivity contribution in [3.05, 3.63) is 23.8 Å². The molecule has 0 aromatic heterocycles. The van der Waals surface area contributed by atoms with E-state index in [0.29, 0.717) is 11.3 Å². The molecule has 1 saturated heterocycles. The summed E-state index contributed by atoms with van der Waals surface area (Å²) >= 11 is 0. The van der Waals surface area contributed by atoms with E-state index in [1.54, 1.807) is 6.07 Å². The van der Waals surface area contributed by atoms with Gasteiger partial charge >= 0.3 is 0 Å². The Morgan fingerprint density at radius 1 is 1.36 bits per heavy atom. The highest BCUT2D eigenvalue weighted by atomic mass is 16.1. The minimum Gasteiger partial charge on any atom is -0.396 e. The standard InChI is InChI=1S/C10H13N3O/c11-9-7(10(12)14)3-1-4-8(9)13-5-2-6-13/h1,3-4H,2,5-6,11H2,(H2,12,14). The Morgan fingerprint density at radius 2 is 2.07 bits per heavy atom. The second-order valence-electron chi connectivity index (χ2n) is 3.44. The number of para-hydroxylation sites is 1. The SMILES string of the molecule is NC(=O)c1cccc(N2CCC2)c1N. The van der Waals surface area contributed by atoms with Crippen LogP contribution in [0, 0.1) is 0 Å². The molecule has 1 aromatic rings. The van der Waals surface area contributed by atoms with Gasteiger partial charge in [-0.2, -0.15) is 0 Å². The summed E-state index contributed by atoms with van der Waals surface area (Å²) in [5.41, 5.74) is 12.9. The number of hydrogen-bond donors (Lipinski definition) is 2. The molecule has 0 aliphatic carbocycles. The van der Waals surface area contributed by atoms with Crippen LogP contribution in [-0.4, -0.2) is 19.0 Å². The molecule has 1 aromatic carbocycles. The van der Waals surface area contributed by atoms with Crippen LogP contribution in [0.2, 0.25) is 0 Å². The third-order valence-electron chi connectivity index (χ3n) is 2.55. The smallest absolute Gasteiger partial charge is 0.250 e. The average Bonchev–Trinajstić information content (AvgIpc) is 2.04. The lowest BCUT2D eigenvalue weighted by Crippen LogP contribution is -2.37. The van der Waals surface area contributed by atoms with Gasteiger partial charge in [0.15, 0.2) is 0 Å². The van der Waals surface area contributed by atoms with E-state index in [2.05, 4.69) is 4.90 Å². The highest BCUT2D eigenvalue weighted by Gasteiger charge is 2.19. The Bertz CT molecular complexity index is 372. The number of hydrogen-bond acceptors (Lipinski definition) is 3. The molecule has 14 heavy (non-hydrogen) atoms. The zero-order chi connectivity index (χ0) is 10.1. The first-order valence-electron chi connectivity index (χ1n) is 4.63. The molecule has 0 atom stereocenters. The van der Waals surface area contributed by atoms with Crippen molar-refractivity contribution in [2.75, 3.05) is 23.7 Å². The number of carbonyl (C=O) groups excluding carboxylic acids is 1. The van der Waals surface area contributed by atoms with Gasteiger partial charge in [-0.05, 0) is 18.6 Å². The number of nitrogens with two attached hydrogens (primary N) is 2. The maximum Gasteiger partial charge on any atom is 0.250 e. The third kappa shape index (κ3) is 1.28. The van der Waals surface area contributed by atoms with Gasteiger partial charge in [0.05, 0.1) is 16.9 Å².